The van der Waals surface area contributed by atoms with Crippen molar-refractivity contribution >= 4 is 29.1 Å². The van der Waals surface area contributed by atoms with Gasteiger partial charge in [0.2, 0.25) is 0 Å². The molecule has 134 valence electrons. The van der Waals surface area contributed by atoms with Crippen LogP contribution in [0.25, 0.3) is 0 Å². The fraction of sp³-hybridized carbons (Fsp3) is 0.250. The fourth-order valence-electron chi connectivity index (χ4n) is 3.49. The van der Waals surface area contributed by atoms with E-state index in [1.54, 1.807) is 24.3 Å². The number of hydrogen-bond acceptors (Lipinski definition) is 3. The lowest BCUT2D eigenvalue weighted by molar-refractivity contribution is 0.0689. The van der Waals surface area contributed by atoms with E-state index in [9.17, 15) is 4.79 Å². The van der Waals surface area contributed by atoms with E-state index in [4.69, 9.17) is 23.2 Å². The minimum absolute atomic E-state index is 0.188. The summed E-state index contributed by atoms with van der Waals surface area (Å²) >= 11 is 12.2. The molecule has 0 atom stereocenters. The molecule has 26 heavy (non-hydrogen) atoms. The van der Waals surface area contributed by atoms with Crippen molar-refractivity contribution in [3.63, 3.8) is 0 Å². The largest absolute Gasteiger partial charge is 0.271 e. The Kier molecular flexibility index (Phi) is 4.91. The van der Waals surface area contributed by atoms with Crippen LogP contribution in [0.5, 0.6) is 0 Å². The molecule has 0 saturated heterocycles. The fourth-order valence-corrected chi connectivity index (χ4v) is 3.74. The number of benzene rings is 2. The molecule has 0 unspecified atom stereocenters. The number of carbonyl (C=O) groups excluding carboxylic acids is 1. The average Bonchev–Trinajstić information content (AvgIpc) is 3.12. The van der Waals surface area contributed by atoms with Gasteiger partial charge in [0.15, 0.2) is 0 Å². The lowest BCUT2D eigenvalue weighted by Crippen LogP contribution is -2.50. The smallest absolute Gasteiger partial charge is 0.263 e. The van der Waals surface area contributed by atoms with E-state index in [1.165, 1.54) is 17.3 Å². The van der Waals surface area contributed by atoms with E-state index in [0.29, 0.717) is 10.0 Å². The van der Waals surface area contributed by atoms with Crippen LogP contribution in [0.4, 0.5) is 0 Å². The zero-order valence-electron chi connectivity index (χ0n) is 14.8. The highest BCUT2D eigenvalue weighted by molar-refractivity contribution is 6.30. The Morgan fingerprint density at radius 3 is 1.69 bits per heavy atom. The van der Waals surface area contributed by atoms with Crippen LogP contribution in [0.2, 0.25) is 10.0 Å². The number of hydrogen-bond donors (Lipinski definition) is 0. The molecule has 1 aromatic heterocycles. The third-order valence-electron chi connectivity index (χ3n) is 4.63. The van der Waals surface area contributed by atoms with E-state index in [2.05, 4.69) is 10.1 Å². The van der Waals surface area contributed by atoms with Gasteiger partial charge in [0.25, 0.3) is 5.91 Å². The number of rotatable bonds is 3. The van der Waals surface area contributed by atoms with Crippen molar-refractivity contribution in [2.75, 3.05) is 0 Å². The first-order chi connectivity index (χ1) is 12.3. The highest BCUT2D eigenvalue weighted by atomic mass is 35.5. The zero-order chi connectivity index (χ0) is 18.9. The summed E-state index contributed by atoms with van der Waals surface area (Å²) in [4.78, 5) is 17.7. The molecule has 0 fully saturated rings. The van der Waals surface area contributed by atoms with Gasteiger partial charge in [0.05, 0.1) is 0 Å². The van der Waals surface area contributed by atoms with Gasteiger partial charge in [-0.2, -0.15) is 9.78 Å². The van der Waals surface area contributed by atoms with E-state index in [-0.39, 0.29) is 5.91 Å². The zero-order valence-corrected chi connectivity index (χ0v) is 16.3. The van der Waals surface area contributed by atoms with Crippen molar-refractivity contribution in [2.24, 2.45) is 5.41 Å². The molecule has 6 heteroatoms. The molecule has 0 radical (unpaired) electrons. The molecule has 0 bridgehead atoms. The van der Waals surface area contributed by atoms with E-state index in [0.717, 1.165) is 11.1 Å². The van der Waals surface area contributed by atoms with Crippen LogP contribution >= 0.6 is 23.2 Å². The highest BCUT2D eigenvalue weighted by Crippen LogP contribution is 2.48. The molecule has 4 nitrogen and oxygen atoms in total. The molecule has 0 saturated carbocycles. The standard InChI is InChI=1S/C20H19Cl2N3O/c1-19(2,3)20(14-4-8-16(21)9-5-14,15-6-10-17(22)11-7-15)18(26)25-13-23-12-24-25/h4-13H,1-3H3. The third-order valence-corrected chi connectivity index (χ3v) is 5.13. The summed E-state index contributed by atoms with van der Waals surface area (Å²) < 4.78 is 1.29. The third kappa shape index (κ3) is 3.04. The summed E-state index contributed by atoms with van der Waals surface area (Å²) in [5, 5.41) is 5.31. The van der Waals surface area contributed by atoms with Gasteiger partial charge in [0.1, 0.15) is 18.1 Å². The summed E-state index contributed by atoms with van der Waals surface area (Å²) in [6.45, 7) is 6.10. The first-order valence-corrected chi connectivity index (χ1v) is 8.94. The minimum atomic E-state index is -1.00. The van der Waals surface area contributed by atoms with Gasteiger partial charge in [-0.05, 0) is 40.8 Å². The molecular formula is C20H19Cl2N3O. The van der Waals surface area contributed by atoms with Crippen molar-refractivity contribution < 1.29 is 4.79 Å². The second-order valence-electron chi connectivity index (χ2n) is 7.16. The molecule has 0 spiro atoms. The number of carbonyl (C=O) groups is 1. The Bertz CT molecular complexity index is 850. The average molecular weight is 388 g/mol. The normalized spacial score (nSPS) is 12.2. The predicted octanol–water partition coefficient (Wildman–Crippen LogP) is 5.26. The Labute approximate surface area is 162 Å². The van der Waals surface area contributed by atoms with Crippen LogP contribution in [0.15, 0.2) is 61.2 Å². The maximum atomic E-state index is 13.7. The molecule has 3 aromatic rings. The van der Waals surface area contributed by atoms with Gasteiger partial charge in [-0.15, -0.1) is 0 Å². The van der Waals surface area contributed by atoms with E-state index >= 15 is 0 Å². The molecule has 0 aliphatic carbocycles. The van der Waals surface area contributed by atoms with Crippen LogP contribution < -0.4 is 0 Å². The Balaban J connectivity index is 2.36. The van der Waals surface area contributed by atoms with Crippen molar-refractivity contribution in [3.05, 3.63) is 82.4 Å². The molecule has 2 aromatic carbocycles. The number of nitrogens with zero attached hydrogens (tertiary/aromatic N) is 3. The second-order valence-corrected chi connectivity index (χ2v) is 8.03. The summed E-state index contributed by atoms with van der Waals surface area (Å²) in [7, 11) is 0. The highest BCUT2D eigenvalue weighted by Gasteiger charge is 2.52. The lowest BCUT2D eigenvalue weighted by atomic mass is 9.58. The monoisotopic (exact) mass is 387 g/mol. The van der Waals surface area contributed by atoms with Crippen LogP contribution in [0.1, 0.15) is 36.7 Å². The summed E-state index contributed by atoms with van der Waals surface area (Å²) in [6.07, 6.45) is 2.78. The van der Waals surface area contributed by atoms with Crippen LogP contribution in [0.3, 0.4) is 0 Å². The maximum absolute atomic E-state index is 13.7. The summed E-state index contributed by atoms with van der Waals surface area (Å²) in [5.74, 6) is -0.188. The predicted molar refractivity (Wildman–Crippen MR) is 104 cm³/mol. The van der Waals surface area contributed by atoms with Crippen LogP contribution in [-0.2, 0) is 5.41 Å². The quantitative estimate of drug-likeness (QED) is 0.615. The van der Waals surface area contributed by atoms with Crippen molar-refractivity contribution in [2.45, 2.75) is 26.2 Å². The minimum Gasteiger partial charge on any atom is -0.271 e. The van der Waals surface area contributed by atoms with Crippen LogP contribution in [0, 0.1) is 5.41 Å². The molecule has 0 amide bonds. The van der Waals surface area contributed by atoms with Gasteiger partial charge in [-0.1, -0.05) is 68.2 Å². The molecule has 0 aliphatic heterocycles. The molecule has 1 heterocycles. The van der Waals surface area contributed by atoms with Gasteiger partial charge >= 0.3 is 0 Å². The van der Waals surface area contributed by atoms with Gasteiger partial charge < -0.3 is 0 Å². The van der Waals surface area contributed by atoms with Crippen molar-refractivity contribution in [1.82, 2.24) is 14.8 Å². The maximum Gasteiger partial charge on any atom is 0.263 e. The first-order valence-electron chi connectivity index (χ1n) is 8.18. The number of halogens is 2. The van der Waals surface area contributed by atoms with E-state index in [1.807, 2.05) is 45.0 Å². The summed E-state index contributed by atoms with van der Waals surface area (Å²) in [5.41, 5.74) is 0.183. The molecular weight excluding hydrogens is 369 g/mol. The van der Waals surface area contributed by atoms with Crippen molar-refractivity contribution in [3.8, 4) is 0 Å². The second kappa shape index (κ2) is 6.86. The molecule has 0 N–H and O–H groups in total. The Morgan fingerprint density at radius 2 is 1.35 bits per heavy atom. The Morgan fingerprint density at radius 1 is 0.885 bits per heavy atom. The Hall–Kier alpha value is -2.17. The molecule has 3 rings (SSSR count). The van der Waals surface area contributed by atoms with Gasteiger partial charge in [0, 0.05) is 10.0 Å². The van der Waals surface area contributed by atoms with Gasteiger partial charge in [-0.25, -0.2) is 4.98 Å². The van der Waals surface area contributed by atoms with E-state index < -0.39 is 10.8 Å². The first kappa shape index (κ1) is 18.6. The lowest BCUT2D eigenvalue weighted by Gasteiger charge is -2.44. The summed E-state index contributed by atoms with van der Waals surface area (Å²) in [6, 6.07) is 14.7. The number of aromatic nitrogens is 3. The topological polar surface area (TPSA) is 47.8 Å². The van der Waals surface area contributed by atoms with Crippen LogP contribution in [-0.4, -0.2) is 20.7 Å². The van der Waals surface area contributed by atoms with Gasteiger partial charge in [-0.3, -0.25) is 4.79 Å². The van der Waals surface area contributed by atoms with Crippen molar-refractivity contribution in [1.29, 1.82) is 0 Å². The molecule has 0 aliphatic rings. The SMILES string of the molecule is CC(C)(C)C(C(=O)n1cncn1)(c1ccc(Cl)cc1)c1ccc(Cl)cc1.